The molecule has 3 aromatic rings. The van der Waals surface area contributed by atoms with E-state index in [2.05, 4.69) is 10.1 Å². The molecule has 0 radical (unpaired) electrons. The summed E-state index contributed by atoms with van der Waals surface area (Å²) in [7, 11) is 0. The van der Waals surface area contributed by atoms with Gasteiger partial charge in [0.1, 0.15) is 17.0 Å². The number of ether oxygens (including phenoxy) is 1. The molecule has 1 aliphatic heterocycles. The van der Waals surface area contributed by atoms with Crippen LogP contribution in [0.15, 0.2) is 53.2 Å². The van der Waals surface area contributed by atoms with Crippen LogP contribution in [0.25, 0.3) is 11.3 Å². The zero-order valence-electron chi connectivity index (χ0n) is 16.2. The van der Waals surface area contributed by atoms with Crippen LogP contribution in [0.1, 0.15) is 34.7 Å². The zero-order valence-corrected chi connectivity index (χ0v) is 16.9. The Labute approximate surface area is 174 Å². The van der Waals surface area contributed by atoms with Crippen LogP contribution in [0.2, 0.25) is 5.02 Å². The maximum atomic E-state index is 13.6. The van der Waals surface area contributed by atoms with Gasteiger partial charge in [-0.05, 0) is 44.0 Å². The monoisotopic (exact) mass is 411 g/mol. The Hall–Kier alpha value is -2.70. The lowest BCUT2D eigenvalue weighted by Crippen LogP contribution is -2.37. The molecule has 3 heterocycles. The standard InChI is InChI=1S/C22H22ClN3O3/c1-15-20(21(25-29-15)16-7-9-17(23)10-8-16)22(27)26(14-19-6-4-12-28-19)13-18-5-2-3-11-24-18/h2-3,5,7-11,19H,4,6,12-14H2,1H3/t19-/m0/s1. The molecule has 4 rings (SSSR count). The average molecular weight is 412 g/mol. The highest BCUT2D eigenvalue weighted by Crippen LogP contribution is 2.28. The molecule has 6 nitrogen and oxygen atoms in total. The number of rotatable bonds is 6. The van der Waals surface area contributed by atoms with Gasteiger partial charge in [0, 0.05) is 29.9 Å². The van der Waals surface area contributed by atoms with Crippen molar-refractivity contribution in [2.24, 2.45) is 0 Å². The Balaban J connectivity index is 1.66. The van der Waals surface area contributed by atoms with Crippen LogP contribution in [0.5, 0.6) is 0 Å². The Morgan fingerprint density at radius 1 is 1.24 bits per heavy atom. The summed E-state index contributed by atoms with van der Waals surface area (Å²) in [5.41, 5.74) is 2.58. The lowest BCUT2D eigenvalue weighted by atomic mass is 10.0. The van der Waals surface area contributed by atoms with E-state index in [0.29, 0.717) is 35.1 Å². The van der Waals surface area contributed by atoms with Crippen LogP contribution in [0.4, 0.5) is 0 Å². The Kier molecular flexibility index (Phi) is 5.92. The van der Waals surface area contributed by atoms with Crippen molar-refractivity contribution in [1.29, 1.82) is 0 Å². The Morgan fingerprint density at radius 3 is 2.76 bits per heavy atom. The molecule has 29 heavy (non-hydrogen) atoms. The van der Waals surface area contributed by atoms with Crippen molar-refractivity contribution in [2.45, 2.75) is 32.4 Å². The number of benzene rings is 1. The van der Waals surface area contributed by atoms with Gasteiger partial charge in [-0.2, -0.15) is 0 Å². The smallest absolute Gasteiger partial charge is 0.260 e. The number of carbonyl (C=O) groups is 1. The number of carbonyl (C=O) groups excluding carboxylic acids is 1. The van der Waals surface area contributed by atoms with Crippen LogP contribution in [-0.2, 0) is 11.3 Å². The van der Waals surface area contributed by atoms with Gasteiger partial charge < -0.3 is 14.2 Å². The minimum absolute atomic E-state index is 0.0295. The summed E-state index contributed by atoms with van der Waals surface area (Å²) in [5, 5.41) is 4.77. The van der Waals surface area contributed by atoms with E-state index < -0.39 is 0 Å². The van der Waals surface area contributed by atoms with Gasteiger partial charge in [0.25, 0.3) is 5.91 Å². The van der Waals surface area contributed by atoms with E-state index in [9.17, 15) is 4.79 Å². The van der Waals surface area contributed by atoms with Crippen LogP contribution in [0.3, 0.4) is 0 Å². The normalized spacial score (nSPS) is 16.1. The third-order valence-electron chi connectivity index (χ3n) is 5.01. The first-order valence-corrected chi connectivity index (χ1v) is 10.0. The fraction of sp³-hybridized carbons (Fsp3) is 0.318. The molecule has 1 atom stereocenters. The molecule has 0 aliphatic carbocycles. The molecule has 1 saturated heterocycles. The summed E-state index contributed by atoms with van der Waals surface area (Å²) >= 11 is 6.00. The van der Waals surface area contributed by atoms with Crippen molar-refractivity contribution in [2.75, 3.05) is 13.2 Å². The summed E-state index contributed by atoms with van der Waals surface area (Å²) in [6.07, 6.45) is 3.72. The average Bonchev–Trinajstić information content (AvgIpc) is 3.38. The van der Waals surface area contributed by atoms with E-state index >= 15 is 0 Å². The van der Waals surface area contributed by atoms with E-state index in [-0.39, 0.29) is 12.0 Å². The predicted molar refractivity (Wildman–Crippen MR) is 110 cm³/mol. The summed E-state index contributed by atoms with van der Waals surface area (Å²) < 4.78 is 11.2. The van der Waals surface area contributed by atoms with Crippen molar-refractivity contribution in [3.63, 3.8) is 0 Å². The predicted octanol–water partition coefficient (Wildman–Crippen LogP) is 4.52. The maximum absolute atomic E-state index is 13.6. The van der Waals surface area contributed by atoms with Gasteiger partial charge in [0.05, 0.1) is 18.3 Å². The van der Waals surface area contributed by atoms with Gasteiger partial charge in [0.2, 0.25) is 0 Å². The van der Waals surface area contributed by atoms with Crippen molar-refractivity contribution in [3.05, 3.63) is 70.7 Å². The molecule has 1 fully saturated rings. The van der Waals surface area contributed by atoms with E-state index in [4.69, 9.17) is 20.9 Å². The fourth-order valence-electron chi connectivity index (χ4n) is 3.53. The van der Waals surface area contributed by atoms with Crippen LogP contribution >= 0.6 is 11.6 Å². The lowest BCUT2D eigenvalue weighted by Gasteiger charge is -2.25. The summed E-state index contributed by atoms with van der Waals surface area (Å²) in [6.45, 7) is 3.38. The minimum atomic E-state index is -0.144. The van der Waals surface area contributed by atoms with E-state index in [1.54, 1.807) is 30.2 Å². The molecule has 0 saturated carbocycles. The lowest BCUT2D eigenvalue weighted by molar-refractivity contribution is 0.0503. The molecule has 0 spiro atoms. The van der Waals surface area contributed by atoms with Gasteiger partial charge in [-0.25, -0.2) is 0 Å². The quantitative estimate of drug-likeness (QED) is 0.596. The van der Waals surface area contributed by atoms with Gasteiger partial charge in [-0.1, -0.05) is 35.0 Å². The number of hydrogen-bond acceptors (Lipinski definition) is 5. The summed E-state index contributed by atoms with van der Waals surface area (Å²) in [6, 6.07) is 12.9. The third-order valence-corrected chi connectivity index (χ3v) is 5.26. The van der Waals surface area contributed by atoms with Gasteiger partial charge >= 0.3 is 0 Å². The van der Waals surface area contributed by atoms with Crippen molar-refractivity contribution in [1.82, 2.24) is 15.0 Å². The highest BCUT2D eigenvalue weighted by molar-refractivity contribution is 6.30. The molecule has 1 amide bonds. The molecule has 7 heteroatoms. The topological polar surface area (TPSA) is 68.5 Å². The number of amides is 1. The number of pyridine rings is 1. The van der Waals surface area contributed by atoms with E-state index in [1.165, 1.54) is 0 Å². The second-order valence-electron chi connectivity index (χ2n) is 7.11. The largest absolute Gasteiger partial charge is 0.376 e. The third kappa shape index (κ3) is 4.49. The number of aromatic nitrogens is 2. The molecule has 1 aliphatic rings. The van der Waals surface area contributed by atoms with Crippen LogP contribution in [-0.4, -0.2) is 40.2 Å². The van der Waals surface area contributed by atoms with Gasteiger partial charge in [0.15, 0.2) is 0 Å². The molecule has 0 unspecified atom stereocenters. The summed E-state index contributed by atoms with van der Waals surface area (Å²) in [5.74, 6) is 0.341. The van der Waals surface area contributed by atoms with E-state index in [0.717, 1.165) is 30.7 Å². The van der Waals surface area contributed by atoms with Gasteiger partial charge in [-0.15, -0.1) is 0 Å². The fourth-order valence-corrected chi connectivity index (χ4v) is 3.65. The highest BCUT2D eigenvalue weighted by atomic mass is 35.5. The highest BCUT2D eigenvalue weighted by Gasteiger charge is 2.29. The SMILES string of the molecule is Cc1onc(-c2ccc(Cl)cc2)c1C(=O)N(Cc1ccccn1)C[C@@H]1CCCO1. The second kappa shape index (κ2) is 8.76. The first-order valence-electron chi connectivity index (χ1n) is 9.65. The first kappa shape index (κ1) is 19.6. The van der Waals surface area contributed by atoms with Crippen LogP contribution in [0, 0.1) is 6.92 Å². The maximum Gasteiger partial charge on any atom is 0.260 e. The molecule has 1 aromatic carbocycles. The molecule has 150 valence electrons. The molecule has 0 bridgehead atoms. The second-order valence-corrected chi connectivity index (χ2v) is 7.55. The van der Waals surface area contributed by atoms with Crippen molar-refractivity contribution >= 4 is 17.5 Å². The molecule has 2 aromatic heterocycles. The number of halogens is 1. The minimum Gasteiger partial charge on any atom is -0.376 e. The number of nitrogens with zero attached hydrogens (tertiary/aromatic N) is 3. The van der Waals surface area contributed by atoms with Crippen molar-refractivity contribution < 1.29 is 14.1 Å². The first-order chi connectivity index (χ1) is 14.1. The van der Waals surface area contributed by atoms with E-state index in [1.807, 2.05) is 30.3 Å². The van der Waals surface area contributed by atoms with Gasteiger partial charge in [-0.3, -0.25) is 9.78 Å². The molecular weight excluding hydrogens is 390 g/mol. The number of aryl methyl sites for hydroxylation is 1. The molecule has 0 N–H and O–H groups in total. The van der Waals surface area contributed by atoms with Crippen LogP contribution < -0.4 is 0 Å². The Morgan fingerprint density at radius 2 is 2.07 bits per heavy atom. The molecular formula is C22H22ClN3O3. The van der Waals surface area contributed by atoms with Crippen molar-refractivity contribution in [3.8, 4) is 11.3 Å². The number of hydrogen-bond donors (Lipinski definition) is 0. The Bertz CT molecular complexity index is 967. The summed E-state index contributed by atoms with van der Waals surface area (Å²) in [4.78, 5) is 19.8. The zero-order chi connectivity index (χ0) is 20.2.